The fraction of sp³-hybridized carbons (Fsp3) is 0.120. The van der Waals surface area contributed by atoms with E-state index in [2.05, 4.69) is 36.4 Å². The lowest BCUT2D eigenvalue weighted by Crippen LogP contribution is -2.13. The number of nitro benzene ring substituents is 1. The number of ether oxygens (including phenoxy) is 1. The van der Waals surface area contributed by atoms with Crippen molar-refractivity contribution in [3.8, 4) is 22.9 Å². The van der Waals surface area contributed by atoms with Gasteiger partial charge in [-0.1, -0.05) is 12.1 Å². The highest BCUT2D eigenvalue weighted by Gasteiger charge is 2.19. The quantitative estimate of drug-likeness (QED) is 0.201. The summed E-state index contributed by atoms with van der Waals surface area (Å²) >= 11 is 3.52. The molecule has 0 atom stereocenters. The van der Waals surface area contributed by atoms with Crippen LogP contribution in [0.25, 0.3) is 17.0 Å². The molecule has 5 aromatic rings. The van der Waals surface area contributed by atoms with Crippen LogP contribution in [0.3, 0.4) is 0 Å². The van der Waals surface area contributed by atoms with Crippen LogP contribution in [0.1, 0.15) is 23.0 Å². The van der Waals surface area contributed by atoms with Gasteiger partial charge in [0.2, 0.25) is 0 Å². The Hall–Kier alpha value is -4.58. The molecule has 2 aromatic carbocycles. The normalized spacial score (nSPS) is 11.0. The van der Waals surface area contributed by atoms with E-state index in [1.165, 1.54) is 28.8 Å². The molecular weight excluding hydrogens is 542 g/mol. The Morgan fingerprint density at radius 3 is 2.70 bits per heavy atom. The van der Waals surface area contributed by atoms with Crippen molar-refractivity contribution in [3.63, 3.8) is 0 Å². The number of aryl methyl sites for hydroxylation is 2. The van der Waals surface area contributed by atoms with Crippen molar-refractivity contribution in [1.82, 2.24) is 24.4 Å². The number of non-ortho nitro benzene ring substituents is 1. The lowest BCUT2D eigenvalue weighted by molar-refractivity contribution is -0.384. The summed E-state index contributed by atoms with van der Waals surface area (Å²) in [5.74, 6) is 0.176. The predicted molar refractivity (Wildman–Crippen MR) is 140 cm³/mol. The van der Waals surface area contributed by atoms with Gasteiger partial charge >= 0.3 is 0 Å². The maximum absolute atomic E-state index is 13.1. The molecule has 0 radical (unpaired) electrons. The molecule has 37 heavy (non-hydrogen) atoms. The van der Waals surface area contributed by atoms with Gasteiger partial charge in [0.15, 0.2) is 11.3 Å². The van der Waals surface area contributed by atoms with Gasteiger partial charge in [0.1, 0.15) is 17.2 Å². The van der Waals surface area contributed by atoms with Crippen LogP contribution < -0.4 is 10.1 Å². The van der Waals surface area contributed by atoms with Gasteiger partial charge in [-0.25, -0.2) is 9.50 Å². The zero-order valence-corrected chi connectivity index (χ0v) is 21.3. The summed E-state index contributed by atoms with van der Waals surface area (Å²) in [6.45, 7) is 4.58. The minimum absolute atomic E-state index is 0.0821. The second kappa shape index (κ2) is 9.82. The van der Waals surface area contributed by atoms with E-state index >= 15 is 0 Å². The van der Waals surface area contributed by atoms with Crippen LogP contribution in [0.4, 0.5) is 11.4 Å². The number of halogens is 1. The first-order valence-corrected chi connectivity index (χ1v) is 12.0. The highest BCUT2D eigenvalue weighted by molar-refractivity contribution is 9.10. The van der Waals surface area contributed by atoms with Crippen molar-refractivity contribution >= 4 is 38.9 Å². The smallest absolute Gasteiger partial charge is 0.276 e. The minimum atomic E-state index is -0.559. The Bertz CT molecular complexity index is 1660. The molecule has 0 bridgehead atoms. The molecule has 0 saturated carbocycles. The monoisotopic (exact) mass is 561 g/mol. The average molecular weight is 562 g/mol. The molecule has 3 aromatic heterocycles. The number of anilines is 1. The van der Waals surface area contributed by atoms with Gasteiger partial charge in [0, 0.05) is 37.1 Å². The van der Waals surface area contributed by atoms with E-state index in [0.29, 0.717) is 29.3 Å². The van der Waals surface area contributed by atoms with Crippen molar-refractivity contribution in [2.45, 2.75) is 20.4 Å². The molecule has 3 heterocycles. The van der Waals surface area contributed by atoms with Crippen LogP contribution in [-0.4, -0.2) is 35.2 Å². The van der Waals surface area contributed by atoms with Gasteiger partial charge < -0.3 is 10.1 Å². The molecule has 12 heteroatoms. The first-order valence-electron chi connectivity index (χ1n) is 11.2. The molecule has 0 aliphatic carbocycles. The maximum Gasteiger partial charge on any atom is 0.276 e. The number of carbonyl (C=O) groups is 1. The lowest BCUT2D eigenvalue weighted by Gasteiger charge is -2.09. The molecule has 0 spiro atoms. The van der Waals surface area contributed by atoms with Gasteiger partial charge in [-0.15, -0.1) is 0 Å². The molecule has 0 saturated heterocycles. The van der Waals surface area contributed by atoms with Crippen LogP contribution in [-0.2, 0) is 6.54 Å². The number of nitrogens with zero attached hydrogens (tertiary/aromatic N) is 6. The maximum atomic E-state index is 13.1. The van der Waals surface area contributed by atoms with E-state index in [-0.39, 0.29) is 22.8 Å². The van der Waals surface area contributed by atoms with Gasteiger partial charge in [0.25, 0.3) is 11.6 Å². The second-order valence-electron chi connectivity index (χ2n) is 8.16. The summed E-state index contributed by atoms with van der Waals surface area (Å²) < 4.78 is 9.90. The van der Waals surface area contributed by atoms with Crippen LogP contribution in [0.2, 0.25) is 0 Å². The molecule has 11 nitrogen and oxygen atoms in total. The van der Waals surface area contributed by atoms with Crippen molar-refractivity contribution < 1.29 is 14.5 Å². The fourth-order valence-electron chi connectivity index (χ4n) is 3.75. The van der Waals surface area contributed by atoms with Crippen LogP contribution in [0, 0.1) is 17.0 Å². The van der Waals surface area contributed by atoms with Gasteiger partial charge in [-0.05, 0) is 53.5 Å². The van der Waals surface area contributed by atoms with Crippen LogP contribution in [0.15, 0.2) is 71.5 Å². The average Bonchev–Trinajstić information content (AvgIpc) is 3.47. The topological polar surface area (TPSA) is 129 Å². The Labute approximate surface area is 219 Å². The number of carbonyl (C=O) groups excluding carboxylic acids is 1. The molecular formula is C25H20BrN7O4. The largest absolute Gasteiger partial charge is 0.457 e. The number of nitrogens with one attached hydrogen (secondary N) is 1. The summed E-state index contributed by atoms with van der Waals surface area (Å²) in [7, 11) is 0. The standard InChI is InChI=1S/C25H20BrN7O4/c1-3-31-14-20(26)24(30-31)22-7-8-27-23-13-21(29-32(22)23)25(34)28-16-10-17(33(35)36)12-19(11-16)37-18-6-4-5-15(2)9-18/h4-14H,3H2,1-2H3,(H,28,34). The van der Waals surface area contributed by atoms with Gasteiger partial charge in [-0.2, -0.15) is 10.2 Å². The highest BCUT2D eigenvalue weighted by atomic mass is 79.9. The summed E-state index contributed by atoms with van der Waals surface area (Å²) in [6, 6.07) is 14.6. The Morgan fingerprint density at radius 2 is 1.97 bits per heavy atom. The highest BCUT2D eigenvalue weighted by Crippen LogP contribution is 2.31. The molecule has 0 aliphatic heterocycles. The number of nitro groups is 1. The summed E-state index contributed by atoms with van der Waals surface area (Å²) in [4.78, 5) is 28.4. The van der Waals surface area contributed by atoms with Crippen LogP contribution in [0.5, 0.6) is 11.5 Å². The Morgan fingerprint density at radius 1 is 1.14 bits per heavy atom. The van der Waals surface area contributed by atoms with E-state index in [9.17, 15) is 14.9 Å². The molecule has 1 amide bonds. The minimum Gasteiger partial charge on any atom is -0.457 e. The van der Waals surface area contributed by atoms with E-state index < -0.39 is 10.8 Å². The summed E-state index contributed by atoms with van der Waals surface area (Å²) in [5, 5.41) is 23.2. The fourth-order valence-corrected chi connectivity index (χ4v) is 4.27. The number of benzene rings is 2. The number of hydrogen-bond acceptors (Lipinski definition) is 7. The Kier molecular flexibility index (Phi) is 6.40. The number of amides is 1. The third-order valence-corrected chi connectivity index (χ3v) is 6.04. The van der Waals surface area contributed by atoms with E-state index in [1.54, 1.807) is 29.1 Å². The van der Waals surface area contributed by atoms with E-state index in [4.69, 9.17) is 4.74 Å². The molecule has 5 rings (SSSR count). The predicted octanol–water partition coefficient (Wildman–Crippen LogP) is 5.64. The third kappa shape index (κ3) is 5.05. The molecule has 0 aliphatic rings. The van der Waals surface area contributed by atoms with Crippen molar-refractivity contribution in [1.29, 1.82) is 0 Å². The first-order chi connectivity index (χ1) is 17.8. The summed E-state index contributed by atoms with van der Waals surface area (Å²) in [5.41, 5.74) is 2.77. The molecule has 0 fully saturated rings. The van der Waals surface area contributed by atoms with Crippen molar-refractivity contribution in [2.24, 2.45) is 0 Å². The van der Waals surface area contributed by atoms with Gasteiger partial charge in [0.05, 0.1) is 26.8 Å². The lowest BCUT2D eigenvalue weighted by atomic mass is 10.2. The van der Waals surface area contributed by atoms with E-state index in [0.717, 1.165) is 10.0 Å². The SMILES string of the molecule is CCn1cc(Br)c(-c2ccnc3cc(C(=O)Nc4cc(Oc5cccc(C)c5)cc([N+](=O)[O-])c4)nn23)n1. The third-order valence-electron chi connectivity index (χ3n) is 5.46. The zero-order valence-electron chi connectivity index (χ0n) is 19.8. The first kappa shape index (κ1) is 24.1. The van der Waals surface area contributed by atoms with Crippen LogP contribution >= 0.6 is 15.9 Å². The second-order valence-corrected chi connectivity index (χ2v) is 9.01. The number of fused-ring (bicyclic) bond motifs is 1. The van der Waals surface area contributed by atoms with E-state index in [1.807, 2.05) is 32.2 Å². The van der Waals surface area contributed by atoms with Crippen molar-refractivity contribution in [3.05, 3.63) is 92.8 Å². The molecule has 186 valence electrons. The Balaban J connectivity index is 1.46. The summed E-state index contributed by atoms with van der Waals surface area (Å²) in [6.07, 6.45) is 3.47. The molecule has 1 N–H and O–H groups in total. The zero-order chi connectivity index (χ0) is 26.1. The number of rotatable bonds is 7. The van der Waals surface area contributed by atoms with Crippen molar-refractivity contribution in [2.75, 3.05) is 5.32 Å². The van der Waals surface area contributed by atoms with Gasteiger partial charge in [-0.3, -0.25) is 19.6 Å². The number of aromatic nitrogens is 5. The number of hydrogen-bond donors (Lipinski definition) is 1. The molecule has 0 unspecified atom stereocenters.